The van der Waals surface area contributed by atoms with Gasteiger partial charge in [0.05, 0.1) is 5.56 Å². The number of halogens is 3. The van der Waals surface area contributed by atoms with Gasteiger partial charge in [-0.25, -0.2) is 4.79 Å². The highest BCUT2D eigenvalue weighted by Crippen LogP contribution is 2.31. The Morgan fingerprint density at radius 1 is 1.41 bits per heavy atom. The van der Waals surface area contributed by atoms with E-state index >= 15 is 0 Å². The van der Waals surface area contributed by atoms with Gasteiger partial charge in [0.2, 0.25) is 0 Å². The van der Waals surface area contributed by atoms with Crippen LogP contribution in [0, 0.1) is 0 Å². The molecular weight excluding hydrogens is 237 g/mol. The summed E-state index contributed by atoms with van der Waals surface area (Å²) < 4.78 is 37.4. The summed E-state index contributed by atoms with van der Waals surface area (Å²) in [6.45, 7) is -0.149. The van der Waals surface area contributed by atoms with Crippen LogP contribution in [-0.4, -0.2) is 23.1 Å². The standard InChI is InChI=1S/C10H11F3N2O2/c1-15(9(16)17)5-6-2-7(10(11,12)13)4-8(14)3-6/h2-4H,5,14H2,1H3,(H,16,17). The van der Waals surface area contributed by atoms with Crippen LogP contribution in [0.2, 0.25) is 0 Å². The molecular formula is C10H11F3N2O2. The highest BCUT2D eigenvalue weighted by molar-refractivity contribution is 5.64. The minimum Gasteiger partial charge on any atom is -0.465 e. The van der Waals surface area contributed by atoms with Gasteiger partial charge in [0, 0.05) is 19.3 Å². The topological polar surface area (TPSA) is 66.6 Å². The Labute approximate surface area is 95.4 Å². The van der Waals surface area contributed by atoms with Gasteiger partial charge in [-0.15, -0.1) is 0 Å². The SMILES string of the molecule is CN(Cc1cc(N)cc(C(F)(F)F)c1)C(=O)O. The number of nitrogens with two attached hydrogens (primary N) is 1. The summed E-state index contributed by atoms with van der Waals surface area (Å²) in [5.74, 6) is 0. The van der Waals surface area contributed by atoms with E-state index in [4.69, 9.17) is 10.8 Å². The molecule has 7 heteroatoms. The number of anilines is 1. The van der Waals surface area contributed by atoms with Gasteiger partial charge >= 0.3 is 12.3 Å². The van der Waals surface area contributed by atoms with Crippen molar-refractivity contribution >= 4 is 11.8 Å². The van der Waals surface area contributed by atoms with Crippen LogP contribution >= 0.6 is 0 Å². The molecule has 0 radical (unpaired) electrons. The maximum atomic E-state index is 12.5. The minimum absolute atomic E-state index is 0.0476. The summed E-state index contributed by atoms with van der Waals surface area (Å²) in [6.07, 6.45) is -5.72. The number of alkyl halides is 3. The summed E-state index contributed by atoms with van der Waals surface area (Å²) >= 11 is 0. The molecule has 0 heterocycles. The third-order valence-corrected chi connectivity index (χ3v) is 2.09. The van der Waals surface area contributed by atoms with E-state index < -0.39 is 17.8 Å². The molecule has 1 amide bonds. The van der Waals surface area contributed by atoms with E-state index in [-0.39, 0.29) is 17.8 Å². The fourth-order valence-electron chi connectivity index (χ4n) is 1.31. The Kier molecular flexibility index (Phi) is 3.50. The average Bonchev–Trinajstić information content (AvgIpc) is 2.15. The van der Waals surface area contributed by atoms with Crippen LogP contribution in [0.1, 0.15) is 11.1 Å². The Bertz CT molecular complexity index is 432. The molecule has 4 nitrogen and oxygen atoms in total. The van der Waals surface area contributed by atoms with Crippen molar-refractivity contribution in [3.63, 3.8) is 0 Å². The molecule has 0 fully saturated rings. The van der Waals surface area contributed by atoms with Gasteiger partial charge in [0.25, 0.3) is 0 Å². The Hall–Kier alpha value is -1.92. The molecule has 0 aliphatic rings. The van der Waals surface area contributed by atoms with E-state index in [1.807, 2.05) is 0 Å². The summed E-state index contributed by atoms with van der Waals surface area (Å²) in [6, 6.07) is 3.01. The van der Waals surface area contributed by atoms with E-state index in [0.29, 0.717) is 0 Å². The normalized spacial score (nSPS) is 11.3. The smallest absolute Gasteiger partial charge is 0.416 e. The predicted octanol–water partition coefficient (Wildman–Crippen LogP) is 2.40. The highest BCUT2D eigenvalue weighted by atomic mass is 19.4. The van der Waals surface area contributed by atoms with Gasteiger partial charge in [0.15, 0.2) is 0 Å². The number of amides is 1. The van der Waals surface area contributed by atoms with Crippen LogP contribution in [0.3, 0.4) is 0 Å². The highest BCUT2D eigenvalue weighted by Gasteiger charge is 2.31. The number of hydrogen-bond donors (Lipinski definition) is 2. The quantitative estimate of drug-likeness (QED) is 0.790. The van der Waals surface area contributed by atoms with Crippen molar-refractivity contribution in [1.29, 1.82) is 0 Å². The van der Waals surface area contributed by atoms with Crippen LogP contribution in [0.4, 0.5) is 23.7 Å². The fraction of sp³-hybridized carbons (Fsp3) is 0.300. The van der Waals surface area contributed by atoms with Gasteiger partial charge in [-0.3, -0.25) is 0 Å². The molecule has 0 saturated heterocycles. The molecule has 1 rings (SSSR count). The Morgan fingerprint density at radius 2 is 2.00 bits per heavy atom. The lowest BCUT2D eigenvalue weighted by Gasteiger charge is -2.15. The van der Waals surface area contributed by atoms with Crippen molar-refractivity contribution < 1.29 is 23.1 Å². The molecule has 0 atom stereocenters. The first-order valence-corrected chi connectivity index (χ1v) is 4.61. The van der Waals surface area contributed by atoms with E-state index in [0.717, 1.165) is 17.0 Å². The number of hydrogen-bond acceptors (Lipinski definition) is 2. The van der Waals surface area contributed by atoms with Crippen LogP contribution < -0.4 is 5.73 Å². The molecule has 0 spiro atoms. The maximum Gasteiger partial charge on any atom is 0.416 e. The predicted molar refractivity (Wildman–Crippen MR) is 55.3 cm³/mol. The van der Waals surface area contributed by atoms with Crippen molar-refractivity contribution in [3.8, 4) is 0 Å². The molecule has 17 heavy (non-hydrogen) atoms. The molecule has 94 valence electrons. The largest absolute Gasteiger partial charge is 0.465 e. The molecule has 3 N–H and O–H groups in total. The molecule has 0 aromatic heterocycles. The number of benzene rings is 1. The first-order chi connectivity index (χ1) is 7.70. The molecule has 0 bridgehead atoms. The first-order valence-electron chi connectivity index (χ1n) is 4.61. The van der Waals surface area contributed by atoms with Gasteiger partial charge in [-0.1, -0.05) is 0 Å². The zero-order valence-electron chi connectivity index (χ0n) is 8.95. The van der Waals surface area contributed by atoms with Crippen molar-refractivity contribution in [2.75, 3.05) is 12.8 Å². The third-order valence-electron chi connectivity index (χ3n) is 2.09. The van der Waals surface area contributed by atoms with Crippen molar-refractivity contribution in [1.82, 2.24) is 4.90 Å². The summed E-state index contributed by atoms with van der Waals surface area (Å²) in [4.78, 5) is 11.4. The number of nitrogens with zero attached hydrogens (tertiary/aromatic N) is 1. The van der Waals surface area contributed by atoms with Crippen molar-refractivity contribution in [3.05, 3.63) is 29.3 Å². The van der Waals surface area contributed by atoms with Gasteiger partial charge in [-0.2, -0.15) is 13.2 Å². The van der Waals surface area contributed by atoms with Crippen LogP contribution in [-0.2, 0) is 12.7 Å². The van der Waals surface area contributed by atoms with E-state index in [9.17, 15) is 18.0 Å². The lowest BCUT2D eigenvalue weighted by atomic mass is 10.1. The first kappa shape index (κ1) is 13.1. The summed E-state index contributed by atoms with van der Waals surface area (Å²) in [7, 11) is 1.26. The zero-order chi connectivity index (χ0) is 13.2. The van der Waals surface area contributed by atoms with E-state index in [2.05, 4.69) is 0 Å². The zero-order valence-corrected chi connectivity index (χ0v) is 8.95. The van der Waals surface area contributed by atoms with Gasteiger partial charge in [-0.05, 0) is 23.8 Å². The second-order valence-corrected chi connectivity index (χ2v) is 3.60. The summed E-state index contributed by atoms with van der Waals surface area (Å²) in [5.41, 5.74) is 4.61. The molecule has 0 aliphatic carbocycles. The van der Waals surface area contributed by atoms with Crippen LogP contribution in [0.15, 0.2) is 18.2 Å². The minimum atomic E-state index is -4.49. The number of carboxylic acid groups (broad SMARTS) is 1. The maximum absolute atomic E-state index is 12.5. The Morgan fingerprint density at radius 3 is 2.47 bits per heavy atom. The van der Waals surface area contributed by atoms with Crippen molar-refractivity contribution in [2.45, 2.75) is 12.7 Å². The lowest BCUT2D eigenvalue weighted by molar-refractivity contribution is -0.137. The number of nitrogen functional groups attached to an aromatic ring is 1. The van der Waals surface area contributed by atoms with Crippen molar-refractivity contribution in [2.24, 2.45) is 0 Å². The van der Waals surface area contributed by atoms with E-state index in [1.165, 1.54) is 13.1 Å². The van der Waals surface area contributed by atoms with Gasteiger partial charge in [0.1, 0.15) is 0 Å². The Balaban J connectivity index is 3.02. The second-order valence-electron chi connectivity index (χ2n) is 3.60. The molecule has 0 unspecified atom stereocenters. The van der Waals surface area contributed by atoms with Gasteiger partial charge < -0.3 is 15.7 Å². The number of rotatable bonds is 2. The molecule has 0 aliphatic heterocycles. The monoisotopic (exact) mass is 248 g/mol. The van der Waals surface area contributed by atoms with Crippen LogP contribution in [0.5, 0.6) is 0 Å². The molecule has 1 aromatic carbocycles. The summed E-state index contributed by atoms with van der Waals surface area (Å²) in [5, 5.41) is 8.61. The lowest BCUT2D eigenvalue weighted by Crippen LogP contribution is -2.24. The number of carbonyl (C=O) groups is 1. The molecule has 1 aromatic rings. The second kappa shape index (κ2) is 4.52. The third kappa shape index (κ3) is 3.54. The average molecular weight is 248 g/mol. The van der Waals surface area contributed by atoms with E-state index in [1.54, 1.807) is 0 Å². The molecule has 0 saturated carbocycles. The fourth-order valence-corrected chi connectivity index (χ4v) is 1.31. The van der Waals surface area contributed by atoms with Crippen LogP contribution in [0.25, 0.3) is 0 Å².